The second-order valence-corrected chi connectivity index (χ2v) is 5.04. The molecule has 3 heteroatoms. The molecule has 1 N–H and O–H groups in total. The first-order valence-corrected chi connectivity index (χ1v) is 5.80. The summed E-state index contributed by atoms with van der Waals surface area (Å²) in [5, 5.41) is 0. The molecule has 0 aliphatic heterocycles. The molecule has 0 amide bonds. The summed E-state index contributed by atoms with van der Waals surface area (Å²) >= 11 is 7.09. The van der Waals surface area contributed by atoms with Crippen LogP contribution in [0.4, 0.5) is 0 Å². The van der Waals surface area contributed by atoms with Crippen molar-refractivity contribution in [1.29, 1.82) is 0 Å². The molecule has 0 saturated heterocycles. The minimum atomic E-state index is 1.02. The van der Waals surface area contributed by atoms with Crippen LogP contribution in [0.3, 0.4) is 0 Å². The first-order valence-electron chi connectivity index (χ1n) is 4.40. The Morgan fingerprint density at radius 1 is 1.31 bits per heavy atom. The number of aromatic nitrogens is 1. The predicted octanol–water partition coefficient (Wildman–Crippen LogP) is 3.37. The van der Waals surface area contributed by atoms with Gasteiger partial charge in [0.15, 0.2) is 0 Å². The summed E-state index contributed by atoms with van der Waals surface area (Å²) in [6.45, 7) is 8.42. The van der Waals surface area contributed by atoms with E-state index in [1.807, 2.05) is 0 Å². The molecule has 0 fully saturated rings. The average molecular weight is 213 g/mol. The molecule has 13 heavy (non-hydrogen) atoms. The monoisotopic (exact) mass is 213 g/mol. The van der Waals surface area contributed by atoms with Crippen molar-refractivity contribution in [2.75, 3.05) is 5.75 Å². The SMILES string of the molecule is CCSC(=S)c1c(C)[nH]c(C)c1C. The Balaban J connectivity index is 3.06. The Morgan fingerprint density at radius 2 is 1.92 bits per heavy atom. The minimum Gasteiger partial charge on any atom is -0.362 e. The molecule has 1 rings (SSSR count). The van der Waals surface area contributed by atoms with Gasteiger partial charge in [0.1, 0.15) is 0 Å². The third-order valence-corrected chi connectivity index (χ3v) is 3.48. The van der Waals surface area contributed by atoms with Gasteiger partial charge in [0, 0.05) is 17.0 Å². The Labute approximate surface area is 89.3 Å². The van der Waals surface area contributed by atoms with E-state index in [9.17, 15) is 0 Å². The number of rotatable bonds is 2. The van der Waals surface area contributed by atoms with Crippen molar-refractivity contribution in [2.24, 2.45) is 0 Å². The maximum absolute atomic E-state index is 5.35. The van der Waals surface area contributed by atoms with E-state index < -0.39 is 0 Å². The molecule has 0 aliphatic carbocycles. The summed E-state index contributed by atoms with van der Waals surface area (Å²) in [6, 6.07) is 0. The van der Waals surface area contributed by atoms with Crippen LogP contribution < -0.4 is 0 Å². The zero-order valence-electron chi connectivity index (χ0n) is 8.52. The molecule has 0 aliphatic rings. The molecule has 1 heterocycles. The lowest BCUT2D eigenvalue weighted by molar-refractivity contribution is 1.17. The average Bonchev–Trinajstić information content (AvgIpc) is 2.27. The van der Waals surface area contributed by atoms with E-state index in [2.05, 4.69) is 32.7 Å². The number of H-pyrrole nitrogens is 1. The zero-order chi connectivity index (χ0) is 10.0. The van der Waals surface area contributed by atoms with Gasteiger partial charge in [-0.25, -0.2) is 0 Å². The fourth-order valence-corrected chi connectivity index (χ4v) is 2.79. The van der Waals surface area contributed by atoms with E-state index in [4.69, 9.17) is 12.2 Å². The molecule has 0 unspecified atom stereocenters. The van der Waals surface area contributed by atoms with Gasteiger partial charge in [-0.05, 0) is 32.1 Å². The van der Waals surface area contributed by atoms with Crippen molar-refractivity contribution >= 4 is 28.2 Å². The fourth-order valence-electron chi connectivity index (χ4n) is 1.42. The lowest BCUT2D eigenvalue weighted by Gasteiger charge is -2.02. The van der Waals surface area contributed by atoms with Crippen LogP contribution in [0.15, 0.2) is 0 Å². The van der Waals surface area contributed by atoms with Crippen molar-refractivity contribution < 1.29 is 0 Å². The maximum atomic E-state index is 5.35. The molecular formula is C10H15NS2. The normalized spacial score (nSPS) is 10.5. The minimum absolute atomic E-state index is 1.02. The van der Waals surface area contributed by atoms with Crippen LogP contribution in [0.5, 0.6) is 0 Å². The maximum Gasteiger partial charge on any atom is 0.0798 e. The van der Waals surface area contributed by atoms with Gasteiger partial charge in [-0.1, -0.05) is 19.1 Å². The van der Waals surface area contributed by atoms with Gasteiger partial charge in [0.05, 0.1) is 4.20 Å². The smallest absolute Gasteiger partial charge is 0.0798 e. The highest BCUT2D eigenvalue weighted by Crippen LogP contribution is 2.23. The summed E-state index contributed by atoms with van der Waals surface area (Å²) in [5.74, 6) is 1.04. The van der Waals surface area contributed by atoms with Crippen LogP contribution in [-0.4, -0.2) is 14.9 Å². The summed E-state index contributed by atoms with van der Waals surface area (Å²) in [6.07, 6.45) is 0. The predicted molar refractivity (Wildman–Crippen MR) is 64.8 cm³/mol. The molecule has 72 valence electrons. The van der Waals surface area contributed by atoms with Gasteiger partial charge in [0.25, 0.3) is 0 Å². The second-order valence-electron chi connectivity index (χ2n) is 3.10. The summed E-state index contributed by atoms with van der Waals surface area (Å²) in [4.78, 5) is 3.31. The van der Waals surface area contributed by atoms with E-state index >= 15 is 0 Å². The zero-order valence-corrected chi connectivity index (χ0v) is 10.2. The molecule has 0 atom stereocenters. The summed E-state index contributed by atoms with van der Waals surface area (Å²) in [5.41, 5.74) is 4.95. The first-order chi connectivity index (χ1) is 6.07. The number of thiocarbonyl (C=S) groups is 1. The molecule has 1 nitrogen and oxygen atoms in total. The van der Waals surface area contributed by atoms with Crippen molar-refractivity contribution in [3.05, 3.63) is 22.5 Å². The lowest BCUT2D eigenvalue weighted by Crippen LogP contribution is -1.95. The van der Waals surface area contributed by atoms with Crippen LogP contribution in [0, 0.1) is 20.8 Å². The second kappa shape index (κ2) is 4.29. The van der Waals surface area contributed by atoms with Crippen molar-refractivity contribution in [1.82, 2.24) is 4.98 Å². The third-order valence-electron chi connectivity index (χ3n) is 2.17. The van der Waals surface area contributed by atoms with E-state index in [1.165, 1.54) is 22.5 Å². The van der Waals surface area contributed by atoms with Gasteiger partial charge in [-0.3, -0.25) is 0 Å². The molecule has 0 bridgehead atoms. The molecule has 0 saturated carbocycles. The fraction of sp³-hybridized carbons (Fsp3) is 0.500. The highest BCUT2D eigenvalue weighted by molar-refractivity contribution is 8.23. The van der Waals surface area contributed by atoms with Gasteiger partial charge in [-0.2, -0.15) is 0 Å². The van der Waals surface area contributed by atoms with Crippen LogP contribution in [-0.2, 0) is 0 Å². The number of aromatic amines is 1. The molecular weight excluding hydrogens is 198 g/mol. The van der Waals surface area contributed by atoms with Gasteiger partial charge in [-0.15, -0.1) is 11.8 Å². The highest BCUT2D eigenvalue weighted by Gasteiger charge is 2.12. The first kappa shape index (κ1) is 10.8. The Morgan fingerprint density at radius 3 is 2.31 bits per heavy atom. The van der Waals surface area contributed by atoms with Gasteiger partial charge >= 0.3 is 0 Å². The molecule has 0 radical (unpaired) electrons. The largest absolute Gasteiger partial charge is 0.362 e. The van der Waals surface area contributed by atoms with Crippen molar-refractivity contribution in [3.63, 3.8) is 0 Å². The van der Waals surface area contributed by atoms with Crippen molar-refractivity contribution in [3.8, 4) is 0 Å². The molecule has 1 aromatic heterocycles. The number of nitrogens with one attached hydrogen (secondary N) is 1. The van der Waals surface area contributed by atoms with E-state index in [0.29, 0.717) is 0 Å². The van der Waals surface area contributed by atoms with Crippen LogP contribution in [0.25, 0.3) is 0 Å². The van der Waals surface area contributed by atoms with Gasteiger partial charge < -0.3 is 4.98 Å². The van der Waals surface area contributed by atoms with Gasteiger partial charge in [0.2, 0.25) is 0 Å². The highest BCUT2D eigenvalue weighted by atomic mass is 32.2. The standard InChI is InChI=1S/C10H15NS2/c1-5-13-10(12)9-6(2)7(3)11-8(9)4/h11H,5H2,1-4H3. The summed E-state index contributed by atoms with van der Waals surface area (Å²) < 4.78 is 1.02. The number of hydrogen-bond donors (Lipinski definition) is 1. The quantitative estimate of drug-likeness (QED) is 0.758. The molecule has 0 aromatic carbocycles. The van der Waals surface area contributed by atoms with E-state index in [1.54, 1.807) is 11.8 Å². The Kier molecular flexibility index (Phi) is 3.56. The Bertz CT molecular complexity index is 326. The lowest BCUT2D eigenvalue weighted by atomic mass is 10.1. The molecule has 0 spiro atoms. The van der Waals surface area contributed by atoms with Crippen molar-refractivity contribution in [2.45, 2.75) is 27.7 Å². The summed E-state index contributed by atoms with van der Waals surface area (Å²) in [7, 11) is 0. The Hall–Kier alpha value is -0.280. The number of hydrogen-bond acceptors (Lipinski definition) is 2. The number of thioether (sulfide) groups is 1. The van der Waals surface area contributed by atoms with Crippen LogP contribution in [0.2, 0.25) is 0 Å². The van der Waals surface area contributed by atoms with Crippen LogP contribution in [0.1, 0.15) is 29.4 Å². The van der Waals surface area contributed by atoms with Crippen LogP contribution >= 0.6 is 24.0 Å². The topological polar surface area (TPSA) is 15.8 Å². The number of aryl methyl sites for hydroxylation is 2. The van der Waals surface area contributed by atoms with E-state index in [-0.39, 0.29) is 0 Å². The van der Waals surface area contributed by atoms with E-state index in [0.717, 1.165) is 9.95 Å². The third kappa shape index (κ3) is 2.15. The molecule has 1 aromatic rings.